The van der Waals surface area contributed by atoms with Gasteiger partial charge in [0.05, 0.1) is 0 Å². The van der Waals surface area contributed by atoms with E-state index in [9.17, 15) is 5.11 Å². The molecule has 0 bridgehead atoms. The molecule has 1 radical (unpaired) electrons. The van der Waals surface area contributed by atoms with Gasteiger partial charge in [0.2, 0.25) is 0 Å². The van der Waals surface area contributed by atoms with Gasteiger partial charge in [-0.1, -0.05) is 6.07 Å². The van der Waals surface area contributed by atoms with Crippen molar-refractivity contribution in [1.82, 2.24) is 0 Å². The normalized spacial score (nSPS) is 9.00. The van der Waals surface area contributed by atoms with Crippen LogP contribution < -0.4 is 0 Å². The van der Waals surface area contributed by atoms with Gasteiger partial charge >= 0.3 is 0 Å². The van der Waals surface area contributed by atoms with Gasteiger partial charge in [0.25, 0.3) is 0 Å². The minimum Gasteiger partial charge on any atom is -0.508 e. The van der Waals surface area contributed by atoms with Crippen molar-refractivity contribution >= 4 is 51.4 Å². The molecular formula is C9H12KO. The van der Waals surface area contributed by atoms with Gasteiger partial charge in [0.1, 0.15) is 5.75 Å². The first-order valence-electron chi connectivity index (χ1n) is 3.38. The Morgan fingerprint density at radius 2 is 1.55 bits per heavy atom. The summed E-state index contributed by atoms with van der Waals surface area (Å²) in [5.41, 5.74) is 3.40. The summed E-state index contributed by atoms with van der Waals surface area (Å²) in [6.45, 7) is 5.99. The largest absolute Gasteiger partial charge is 0.508 e. The number of rotatable bonds is 0. The molecule has 1 aromatic carbocycles. The molecule has 0 aliphatic heterocycles. The smallest absolute Gasteiger partial charge is 0.118 e. The van der Waals surface area contributed by atoms with E-state index in [0.29, 0.717) is 5.75 Å². The number of aromatic hydroxyl groups is 1. The first kappa shape index (κ1) is 11.7. The molecule has 2 heteroatoms. The van der Waals surface area contributed by atoms with Crippen molar-refractivity contribution in [3.63, 3.8) is 0 Å². The number of hydrogen-bond donors (Lipinski definition) is 1. The summed E-state index contributed by atoms with van der Waals surface area (Å²) >= 11 is 0. The Bertz CT molecular complexity index is 229. The van der Waals surface area contributed by atoms with Crippen molar-refractivity contribution < 1.29 is 5.11 Å². The Kier molecular flexibility index (Phi) is 4.90. The number of phenolic OH excluding ortho intramolecular Hbond substituents is 1. The van der Waals surface area contributed by atoms with Crippen LogP contribution in [0, 0.1) is 20.8 Å². The molecule has 0 spiro atoms. The first-order chi connectivity index (χ1) is 4.63. The second-order valence-corrected chi connectivity index (χ2v) is 2.65. The van der Waals surface area contributed by atoms with Crippen molar-refractivity contribution in [3.8, 4) is 5.75 Å². The molecule has 0 aliphatic rings. The van der Waals surface area contributed by atoms with Crippen LogP contribution in [0.5, 0.6) is 5.75 Å². The summed E-state index contributed by atoms with van der Waals surface area (Å²) in [4.78, 5) is 0. The number of aryl methyl sites for hydroxylation is 1. The van der Waals surface area contributed by atoms with E-state index in [1.807, 2.05) is 26.8 Å². The van der Waals surface area contributed by atoms with Gasteiger partial charge in [-0.15, -0.1) is 0 Å². The Labute approximate surface area is 110 Å². The van der Waals surface area contributed by atoms with Gasteiger partial charge < -0.3 is 5.11 Å². The van der Waals surface area contributed by atoms with Gasteiger partial charge in [-0.2, -0.15) is 0 Å². The molecule has 0 atom stereocenters. The van der Waals surface area contributed by atoms with Crippen molar-refractivity contribution in [2.75, 3.05) is 0 Å². The topological polar surface area (TPSA) is 20.2 Å². The second kappa shape index (κ2) is 4.63. The van der Waals surface area contributed by atoms with Crippen LogP contribution in [-0.4, -0.2) is 56.5 Å². The molecule has 0 amide bonds. The molecule has 0 aromatic heterocycles. The zero-order valence-corrected chi connectivity index (χ0v) is 10.7. The summed E-state index contributed by atoms with van der Waals surface area (Å²) in [6.07, 6.45) is 0. The van der Waals surface area contributed by atoms with Crippen LogP contribution in [-0.2, 0) is 0 Å². The third-order valence-electron chi connectivity index (χ3n) is 2.03. The van der Waals surface area contributed by atoms with E-state index in [2.05, 4.69) is 0 Å². The molecule has 1 aromatic rings. The fourth-order valence-corrected chi connectivity index (χ4v) is 0.942. The summed E-state index contributed by atoms with van der Waals surface area (Å²) in [7, 11) is 0. The van der Waals surface area contributed by atoms with Crippen molar-refractivity contribution in [2.45, 2.75) is 20.8 Å². The van der Waals surface area contributed by atoms with Gasteiger partial charge in [0.15, 0.2) is 0 Å². The summed E-state index contributed by atoms with van der Waals surface area (Å²) in [6, 6.07) is 3.66. The fraction of sp³-hybridized carbons (Fsp3) is 0.333. The van der Waals surface area contributed by atoms with E-state index in [4.69, 9.17) is 0 Å². The van der Waals surface area contributed by atoms with E-state index in [-0.39, 0.29) is 51.4 Å². The van der Waals surface area contributed by atoms with Crippen molar-refractivity contribution in [3.05, 3.63) is 28.8 Å². The summed E-state index contributed by atoms with van der Waals surface area (Å²) in [5, 5.41) is 9.22. The SMILES string of the molecule is Cc1ccc(O)c(C)c1C.[K]. The molecule has 0 fully saturated rings. The molecule has 11 heavy (non-hydrogen) atoms. The number of benzene rings is 1. The molecule has 1 N–H and O–H groups in total. The maximum absolute atomic E-state index is 9.22. The average molecular weight is 175 g/mol. The molecule has 1 rings (SSSR count). The van der Waals surface area contributed by atoms with Crippen LogP contribution in [0.15, 0.2) is 12.1 Å². The molecule has 0 unspecified atom stereocenters. The predicted octanol–water partition coefficient (Wildman–Crippen LogP) is 1.94. The third kappa shape index (κ3) is 2.56. The van der Waals surface area contributed by atoms with Gasteiger partial charge in [0, 0.05) is 51.4 Å². The molecule has 0 aliphatic carbocycles. The van der Waals surface area contributed by atoms with Gasteiger partial charge in [-0.3, -0.25) is 0 Å². The third-order valence-corrected chi connectivity index (χ3v) is 2.03. The molecule has 0 heterocycles. The summed E-state index contributed by atoms with van der Waals surface area (Å²) in [5.74, 6) is 0.392. The monoisotopic (exact) mass is 175 g/mol. The Hall–Kier alpha value is 0.656. The Morgan fingerprint density at radius 3 is 2.00 bits per heavy atom. The van der Waals surface area contributed by atoms with E-state index >= 15 is 0 Å². The average Bonchev–Trinajstić information content (AvgIpc) is 1.93. The maximum Gasteiger partial charge on any atom is 0.118 e. The first-order valence-corrected chi connectivity index (χ1v) is 3.38. The fourth-order valence-electron chi connectivity index (χ4n) is 0.942. The number of hydrogen-bond acceptors (Lipinski definition) is 1. The molecule has 55 valence electrons. The van der Waals surface area contributed by atoms with Crippen LogP contribution in [0.25, 0.3) is 0 Å². The van der Waals surface area contributed by atoms with Crippen LogP contribution in [0.1, 0.15) is 16.7 Å². The van der Waals surface area contributed by atoms with Crippen LogP contribution in [0.4, 0.5) is 0 Å². The van der Waals surface area contributed by atoms with E-state index in [0.717, 1.165) is 5.56 Å². The quantitative estimate of drug-likeness (QED) is 0.597. The van der Waals surface area contributed by atoms with E-state index in [1.165, 1.54) is 11.1 Å². The minimum atomic E-state index is 0. The van der Waals surface area contributed by atoms with E-state index in [1.54, 1.807) is 6.07 Å². The zero-order chi connectivity index (χ0) is 7.72. The Morgan fingerprint density at radius 1 is 1.00 bits per heavy atom. The van der Waals surface area contributed by atoms with Crippen molar-refractivity contribution in [2.24, 2.45) is 0 Å². The standard InChI is InChI=1S/C9H12O.K/c1-6-4-5-9(10)8(3)7(6)2;/h4-5,10H,1-3H3;. The Balaban J connectivity index is 0.000001000. The predicted molar refractivity (Wildman–Crippen MR) is 48.1 cm³/mol. The van der Waals surface area contributed by atoms with Crippen molar-refractivity contribution in [1.29, 1.82) is 0 Å². The van der Waals surface area contributed by atoms with Crippen LogP contribution in [0.3, 0.4) is 0 Å². The van der Waals surface area contributed by atoms with Crippen LogP contribution >= 0.6 is 0 Å². The summed E-state index contributed by atoms with van der Waals surface area (Å²) < 4.78 is 0. The minimum absolute atomic E-state index is 0. The molecule has 1 nitrogen and oxygen atoms in total. The van der Waals surface area contributed by atoms with Gasteiger partial charge in [-0.25, -0.2) is 0 Å². The van der Waals surface area contributed by atoms with Crippen LogP contribution in [0.2, 0.25) is 0 Å². The molecular weight excluding hydrogens is 163 g/mol. The zero-order valence-electron chi connectivity index (χ0n) is 7.60. The van der Waals surface area contributed by atoms with Gasteiger partial charge in [-0.05, 0) is 43.5 Å². The molecule has 0 saturated carbocycles. The van der Waals surface area contributed by atoms with E-state index < -0.39 is 0 Å². The number of phenols is 1. The second-order valence-electron chi connectivity index (χ2n) is 2.65. The molecule has 0 saturated heterocycles. The maximum atomic E-state index is 9.22.